The van der Waals surface area contributed by atoms with Gasteiger partial charge in [-0.05, 0) is 0 Å². The van der Waals surface area contributed by atoms with E-state index in [1.165, 1.54) is 32.7 Å². The van der Waals surface area contributed by atoms with Crippen molar-refractivity contribution in [3.8, 4) is 0 Å². The van der Waals surface area contributed by atoms with Crippen molar-refractivity contribution in [1.82, 2.24) is 0 Å². The molecule has 1 aliphatic rings. The van der Waals surface area contributed by atoms with E-state index in [2.05, 4.69) is 55.5 Å². The van der Waals surface area contributed by atoms with Gasteiger partial charge >= 0.3 is 124 Å². The molecule has 0 saturated carbocycles. The van der Waals surface area contributed by atoms with Crippen molar-refractivity contribution < 1.29 is 4.79 Å². The Kier molecular flexibility index (Phi) is 2.39. The molecule has 98 valence electrons. The molecule has 3 aromatic rings. The van der Waals surface area contributed by atoms with Crippen LogP contribution in [-0.4, -0.2) is 19.6 Å². The molecule has 4 rings (SSSR count). The number of rotatable bonds is 2. The fourth-order valence-corrected chi connectivity index (χ4v) is 4.88. The SMILES string of the molecule is C[Se]C(=O)C1(C)c2cccc3ccc4cccc1c4c23. The van der Waals surface area contributed by atoms with Crippen molar-refractivity contribution in [1.29, 1.82) is 0 Å². The van der Waals surface area contributed by atoms with Crippen LogP contribution < -0.4 is 0 Å². The van der Waals surface area contributed by atoms with Crippen LogP contribution in [0.3, 0.4) is 0 Å². The van der Waals surface area contributed by atoms with E-state index in [0.717, 1.165) is 0 Å². The van der Waals surface area contributed by atoms with E-state index in [9.17, 15) is 4.79 Å². The molecule has 3 aromatic carbocycles. The standard InChI is InChI=1S/C18H14OSe/c1-18(17(19)20-2)13-7-3-5-11-9-10-12-6-4-8-14(18)16(12)15(11)13/h3-10H,1-2H3. The summed E-state index contributed by atoms with van der Waals surface area (Å²) < 4.78 is 0.362. The Morgan fingerprint density at radius 1 is 0.900 bits per heavy atom. The molecular formula is C18H14OSe. The minimum atomic E-state index is -0.461. The van der Waals surface area contributed by atoms with E-state index >= 15 is 0 Å². The summed E-state index contributed by atoms with van der Waals surface area (Å²) in [5.41, 5.74) is 1.92. The van der Waals surface area contributed by atoms with Crippen molar-refractivity contribution in [3.05, 3.63) is 59.7 Å². The topological polar surface area (TPSA) is 17.1 Å². The van der Waals surface area contributed by atoms with Crippen molar-refractivity contribution in [2.75, 3.05) is 0 Å². The fraction of sp³-hybridized carbons (Fsp3) is 0.167. The molecule has 0 spiro atoms. The van der Waals surface area contributed by atoms with Crippen LogP contribution in [0.5, 0.6) is 0 Å². The molecule has 0 fully saturated rings. The summed E-state index contributed by atoms with van der Waals surface area (Å²) in [6.07, 6.45) is 0. The van der Waals surface area contributed by atoms with Gasteiger partial charge in [0.25, 0.3) is 0 Å². The van der Waals surface area contributed by atoms with E-state index < -0.39 is 5.41 Å². The zero-order valence-electron chi connectivity index (χ0n) is 11.4. The quantitative estimate of drug-likeness (QED) is 0.516. The van der Waals surface area contributed by atoms with Crippen molar-refractivity contribution in [2.24, 2.45) is 0 Å². The van der Waals surface area contributed by atoms with Crippen molar-refractivity contribution in [3.63, 3.8) is 0 Å². The number of hydrogen-bond donors (Lipinski definition) is 0. The Bertz CT molecular complexity index is 816. The van der Waals surface area contributed by atoms with Gasteiger partial charge in [-0.25, -0.2) is 0 Å². The molecule has 2 heteroatoms. The van der Waals surface area contributed by atoms with Crippen LogP contribution in [-0.2, 0) is 10.2 Å². The Labute approximate surface area is 124 Å². The van der Waals surface area contributed by atoms with Crippen LogP contribution >= 0.6 is 0 Å². The maximum atomic E-state index is 12.7. The Morgan fingerprint density at radius 3 is 1.85 bits per heavy atom. The molecule has 1 aliphatic carbocycles. The summed E-state index contributed by atoms with van der Waals surface area (Å²) in [4.78, 5) is 12.7. The second-order valence-corrected chi connectivity index (χ2v) is 7.12. The van der Waals surface area contributed by atoms with Gasteiger partial charge in [0.05, 0.1) is 0 Å². The van der Waals surface area contributed by atoms with Crippen LogP contribution in [0.4, 0.5) is 0 Å². The predicted molar refractivity (Wildman–Crippen MR) is 84.5 cm³/mol. The molecule has 20 heavy (non-hydrogen) atoms. The second-order valence-electron chi connectivity index (χ2n) is 5.49. The summed E-state index contributed by atoms with van der Waals surface area (Å²) in [5.74, 6) is 2.02. The van der Waals surface area contributed by atoms with E-state index in [1.54, 1.807) is 0 Å². The average Bonchev–Trinajstić information content (AvgIpc) is 2.77. The first-order chi connectivity index (χ1) is 9.67. The monoisotopic (exact) mass is 326 g/mol. The minimum absolute atomic E-state index is 0.00111. The number of carbonyl (C=O) groups excluding carboxylic acids is 1. The van der Waals surface area contributed by atoms with Crippen LogP contribution in [0.25, 0.3) is 21.5 Å². The predicted octanol–water partition coefficient (Wildman–Crippen LogP) is 3.89. The first-order valence-corrected chi connectivity index (χ1v) is 9.28. The Morgan fingerprint density at radius 2 is 1.40 bits per heavy atom. The normalized spacial score (nSPS) is 15.3. The van der Waals surface area contributed by atoms with Gasteiger partial charge in [-0.3, -0.25) is 0 Å². The van der Waals surface area contributed by atoms with E-state index in [4.69, 9.17) is 0 Å². The summed E-state index contributed by atoms with van der Waals surface area (Å²) in [5, 5.41) is 5.03. The summed E-state index contributed by atoms with van der Waals surface area (Å²) in [6.45, 7) is 2.10. The maximum absolute atomic E-state index is 12.7. The summed E-state index contributed by atoms with van der Waals surface area (Å²) >= 11 is 0.00111. The van der Waals surface area contributed by atoms with Crippen LogP contribution in [0.15, 0.2) is 48.5 Å². The van der Waals surface area contributed by atoms with Gasteiger partial charge in [-0.2, -0.15) is 0 Å². The van der Waals surface area contributed by atoms with Gasteiger partial charge in [0, 0.05) is 0 Å². The molecule has 0 heterocycles. The van der Waals surface area contributed by atoms with Crippen LogP contribution in [0.2, 0.25) is 5.82 Å². The molecular weight excluding hydrogens is 311 g/mol. The first kappa shape index (κ1) is 12.1. The summed E-state index contributed by atoms with van der Waals surface area (Å²) in [6, 6.07) is 17.0. The zero-order chi connectivity index (χ0) is 13.9. The zero-order valence-corrected chi connectivity index (χ0v) is 13.1. The second kappa shape index (κ2) is 3.94. The van der Waals surface area contributed by atoms with Gasteiger partial charge in [0.2, 0.25) is 0 Å². The molecule has 0 atom stereocenters. The molecule has 0 radical (unpaired) electrons. The number of hydrogen-bond acceptors (Lipinski definition) is 1. The molecule has 0 bridgehead atoms. The van der Waals surface area contributed by atoms with E-state index in [-0.39, 0.29) is 15.0 Å². The fourth-order valence-electron chi connectivity index (χ4n) is 3.56. The average molecular weight is 325 g/mol. The summed E-state index contributed by atoms with van der Waals surface area (Å²) in [7, 11) is 0. The van der Waals surface area contributed by atoms with Gasteiger partial charge in [0.15, 0.2) is 0 Å². The molecule has 1 nitrogen and oxygen atoms in total. The first-order valence-electron chi connectivity index (χ1n) is 6.72. The Hall–Kier alpha value is -1.63. The van der Waals surface area contributed by atoms with Crippen LogP contribution in [0, 0.1) is 0 Å². The van der Waals surface area contributed by atoms with Gasteiger partial charge in [-0.1, -0.05) is 0 Å². The van der Waals surface area contributed by atoms with Gasteiger partial charge in [0.1, 0.15) is 0 Å². The molecule has 0 aliphatic heterocycles. The third-order valence-corrected chi connectivity index (χ3v) is 6.19. The number of benzene rings is 3. The van der Waals surface area contributed by atoms with E-state index in [0.29, 0.717) is 4.68 Å². The van der Waals surface area contributed by atoms with Gasteiger partial charge in [-0.15, -0.1) is 0 Å². The molecule has 0 aromatic heterocycles. The van der Waals surface area contributed by atoms with Crippen molar-refractivity contribution >= 4 is 41.2 Å². The van der Waals surface area contributed by atoms with Crippen LogP contribution in [0.1, 0.15) is 18.1 Å². The molecule has 0 N–H and O–H groups in total. The van der Waals surface area contributed by atoms with E-state index in [1.807, 2.05) is 5.82 Å². The van der Waals surface area contributed by atoms with Gasteiger partial charge < -0.3 is 0 Å². The third kappa shape index (κ3) is 1.26. The molecule has 0 unspecified atom stereocenters. The number of carbonyl (C=O) groups is 1. The van der Waals surface area contributed by atoms with Crippen molar-refractivity contribution in [2.45, 2.75) is 18.2 Å². The Balaban J connectivity index is 2.28. The molecule has 0 saturated heterocycles. The molecule has 0 amide bonds. The third-order valence-electron chi connectivity index (χ3n) is 4.56.